The number of rotatable bonds is 1. The molecule has 1 aromatic carbocycles. The Morgan fingerprint density at radius 1 is 1.14 bits per heavy atom. The second-order valence-corrected chi connectivity index (χ2v) is 6.06. The molecule has 1 aromatic heterocycles. The number of fused-ring (bicyclic) bond motifs is 4. The third kappa shape index (κ3) is 2.12. The Morgan fingerprint density at radius 3 is 2.52 bits per heavy atom. The van der Waals surface area contributed by atoms with Gasteiger partial charge in [0.05, 0.1) is 29.0 Å². The van der Waals surface area contributed by atoms with E-state index in [1.54, 1.807) is 12.4 Å². The maximum Gasteiger partial charge on any atom is 0.416 e. The third-order valence-electron chi connectivity index (χ3n) is 4.88. The fraction of sp³-hybridized carbons (Fsp3) is 0.533. The topological polar surface area (TPSA) is 21.1 Å². The van der Waals surface area contributed by atoms with Crippen molar-refractivity contribution in [3.05, 3.63) is 30.1 Å². The summed E-state index contributed by atoms with van der Waals surface area (Å²) in [6.45, 7) is 3.27. The van der Waals surface area contributed by atoms with Crippen LogP contribution < -0.4 is 0 Å². The minimum atomic E-state index is -4.31. The van der Waals surface area contributed by atoms with E-state index in [4.69, 9.17) is 0 Å². The summed E-state index contributed by atoms with van der Waals surface area (Å²) in [6.07, 6.45) is -0.263. The van der Waals surface area contributed by atoms with Gasteiger partial charge in [-0.05, 0) is 50.0 Å². The smallest absolute Gasteiger partial charge is 0.326 e. The van der Waals surface area contributed by atoms with E-state index in [0.717, 1.165) is 37.3 Å². The molecule has 0 radical (unpaired) electrons. The normalized spacial score (nSPS) is 29.2. The molecular weight excluding hydrogens is 279 g/mol. The first-order valence-corrected chi connectivity index (χ1v) is 7.28. The van der Waals surface area contributed by atoms with Gasteiger partial charge in [0.1, 0.15) is 0 Å². The molecule has 112 valence electrons. The highest BCUT2D eigenvalue weighted by Gasteiger charge is 2.36. The van der Waals surface area contributed by atoms with Crippen LogP contribution >= 0.6 is 0 Å². The largest absolute Gasteiger partial charge is 0.416 e. The number of imidazole rings is 1. The Bertz CT molecular complexity index is 668. The summed E-state index contributed by atoms with van der Waals surface area (Å²) < 4.78 is 40.4. The van der Waals surface area contributed by atoms with Crippen molar-refractivity contribution in [1.29, 1.82) is 0 Å². The van der Waals surface area contributed by atoms with Gasteiger partial charge in [-0.15, -0.1) is 0 Å². The maximum absolute atomic E-state index is 12.8. The first-order valence-electron chi connectivity index (χ1n) is 7.28. The van der Waals surface area contributed by atoms with Crippen molar-refractivity contribution in [2.45, 2.75) is 25.1 Å². The molecule has 6 heteroatoms. The molecule has 0 amide bonds. The van der Waals surface area contributed by atoms with Gasteiger partial charge in [-0.1, -0.05) is 0 Å². The molecule has 0 aliphatic carbocycles. The summed E-state index contributed by atoms with van der Waals surface area (Å²) in [6, 6.07) is 4.20. The van der Waals surface area contributed by atoms with E-state index >= 15 is 0 Å². The summed E-state index contributed by atoms with van der Waals surface area (Å²) in [5, 5.41) is 0. The summed E-state index contributed by atoms with van der Waals surface area (Å²) in [7, 11) is 0. The molecular formula is C15H16F3N3. The number of nitrogens with zero attached hydrogens (tertiary/aromatic N) is 3. The molecule has 3 aliphatic heterocycles. The highest BCUT2D eigenvalue weighted by Crippen LogP contribution is 2.38. The van der Waals surface area contributed by atoms with Crippen LogP contribution in [0.3, 0.4) is 0 Å². The number of hydrogen-bond donors (Lipinski definition) is 0. The Hall–Kier alpha value is -1.56. The predicted octanol–water partition coefficient (Wildman–Crippen LogP) is 3.32. The van der Waals surface area contributed by atoms with Crippen LogP contribution in [-0.2, 0) is 6.18 Å². The van der Waals surface area contributed by atoms with E-state index in [0.29, 0.717) is 17.5 Å². The average molecular weight is 295 g/mol. The molecule has 3 nitrogen and oxygen atoms in total. The van der Waals surface area contributed by atoms with Crippen LogP contribution in [0.1, 0.15) is 24.4 Å². The van der Waals surface area contributed by atoms with Gasteiger partial charge in [-0.25, -0.2) is 4.98 Å². The van der Waals surface area contributed by atoms with Crippen LogP contribution in [0.5, 0.6) is 0 Å². The van der Waals surface area contributed by atoms with E-state index < -0.39 is 11.7 Å². The standard InChI is InChI=1S/C15H16F3N3/c16-15(17,18)11-1-2-13-12(7-11)19-9-21(13)14-8-20-5-3-10(14)4-6-20/h1-2,7,9-10,14H,3-6,8H2. The molecule has 2 aromatic rings. The average Bonchev–Trinajstić information content (AvgIpc) is 2.90. The van der Waals surface area contributed by atoms with Crippen LogP contribution in [0.15, 0.2) is 24.5 Å². The highest BCUT2D eigenvalue weighted by atomic mass is 19.4. The van der Waals surface area contributed by atoms with Crippen molar-refractivity contribution < 1.29 is 13.2 Å². The minimum absolute atomic E-state index is 0.342. The molecule has 21 heavy (non-hydrogen) atoms. The zero-order chi connectivity index (χ0) is 14.6. The van der Waals surface area contributed by atoms with E-state index in [1.807, 2.05) is 0 Å². The van der Waals surface area contributed by atoms with E-state index in [1.165, 1.54) is 12.8 Å². The Balaban J connectivity index is 1.74. The second-order valence-electron chi connectivity index (χ2n) is 6.06. The Morgan fingerprint density at radius 2 is 1.90 bits per heavy atom. The fourth-order valence-corrected chi connectivity index (χ4v) is 3.72. The van der Waals surface area contributed by atoms with Crippen molar-refractivity contribution in [2.24, 2.45) is 5.92 Å². The number of benzene rings is 1. The number of piperidine rings is 3. The minimum Gasteiger partial charge on any atom is -0.326 e. The molecule has 1 unspecified atom stereocenters. The van der Waals surface area contributed by atoms with Crippen LogP contribution in [0.25, 0.3) is 11.0 Å². The maximum atomic E-state index is 12.8. The highest BCUT2D eigenvalue weighted by molar-refractivity contribution is 5.76. The molecule has 3 aliphatic rings. The summed E-state index contributed by atoms with van der Waals surface area (Å²) in [5.74, 6) is 0.620. The molecule has 0 N–H and O–H groups in total. The van der Waals surface area contributed by atoms with Gasteiger partial charge in [0, 0.05) is 6.54 Å². The Kier molecular flexibility index (Phi) is 2.79. The predicted molar refractivity (Wildman–Crippen MR) is 72.9 cm³/mol. The number of aromatic nitrogens is 2. The lowest BCUT2D eigenvalue weighted by Gasteiger charge is -2.45. The molecule has 2 bridgehead atoms. The lowest BCUT2D eigenvalue weighted by molar-refractivity contribution is -0.137. The molecule has 4 heterocycles. The van der Waals surface area contributed by atoms with Gasteiger partial charge < -0.3 is 9.47 Å². The van der Waals surface area contributed by atoms with Crippen molar-refractivity contribution in [3.63, 3.8) is 0 Å². The van der Waals surface area contributed by atoms with E-state index in [2.05, 4.69) is 14.5 Å². The zero-order valence-corrected chi connectivity index (χ0v) is 11.5. The number of hydrogen-bond acceptors (Lipinski definition) is 2. The molecule has 3 fully saturated rings. The number of halogens is 3. The second kappa shape index (κ2) is 4.47. The van der Waals surface area contributed by atoms with Crippen LogP contribution in [0.4, 0.5) is 13.2 Å². The van der Waals surface area contributed by atoms with Gasteiger partial charge in [0.15, 0.2) is 0 Å². The molecule has 3 saturated heterocycles. The van der Waals surface area contributed by atoms with Crippen LogP contribution in [0, 0.1) is 5.92 Å². The van der Waals surface area contributed by atoms with Gasteiger partial charge in [-0.3, -0.25) is 0 Å². The molecule has 0 saturated carbocycles. The summed E-state index contributed by atoms with van der Waals surface area (Å²) in [4.78, 5) is 6.63. The lowest BCUT2D eigenvalue weighted by atomic mass is 9.84. The first-order chi connectivity index (χ1) is 10.0. The van der Waals surface area contributed by atoms with Crippen molar-refractivity contribution in [1.82, 2.24) is 14.5 Å². The number of alkyl halides is 3. The van der Waals surface area contributed by atoms with Gasteiger partial charge in [-0.2, -0.15) is 13.2 Å². The quantitative estimate of drug-likeness (QED) is 0.804. The summed E-state index contributed by atoms with van der Waals surface area (Å²) in [5.41, 5.74) is 0.609. The lowest BCUT2D eigenvalue weighted by Crippen LogP contribution is -2.47. The van der Waals surface area contributed by atoms with E-state index in [-0.39, 0.29) is 0 Å². The van der Waals surface area contributed by atoms with E-state index in [9.17, 15) is 13.2 Å². The van der Waals surface area contributed by atoms with Gasteiger partial charge in [0.2, 0.25) is 0 Å². The molecule has 1 atom stereocenters. The van der Waals surface area contributed by atoms with Gasteiger partial charge >= 0.3 is 6.18 Å². The zero-order valence-electron chi connectivity index (χ0n) is 11.5. The fourth-order valence-electron chi connectivity index (χ4n) is 3.72. The van der Waals surface area contributed by atoms with Crippen molar-refractivity contribution >= 4 is 11.0 Å². The molecule has 0 spiro atoms. The third-order valence-corrected chi connectivity index (χ3v) is 4.88. The van der Waals surface area contributed by atoms with Crippen LogP contribution in [-0.4, -0.2) is 34.1 Å². The summed E-state index contributed by atoms with van der Waals surface area (Å²) >= 11 is 0. The van der Waals surface area contributed by atoms with Crippen LogP contribution in [0.2, 0.25) is 0 Å². The van der Waals surface area contributed by atoms with Crippen molar-refractivity contribution in [3.8, 4) is 0 Å². The Labute approximate surface area is 120 Å². The monoisotopic (exact) mass is 295 g/mol. The SMILES string of the molecule is FC(F)(F)c1ccc2c(c1)ncn2C1CN2CCC1CC2. The molecule has 5 rings (SSSR count). The van der Waals surface area contributed by atoms with Gasteiger partial charge in [0.25, 0.3) is 0 Å². The van der Waals surface area contributed by atoms with Crippen molar-refractivity contribution in [2.75, 3.05) is 19.6 Å². The first kappa shape index (κ1) is 13.1.